The number of H-pyrrole nitrogens is 1. The Morgan fingerprint density at radius 3 is 2.57 bits per heavy atom. The zero-order chi connectivity index (χ0) is 25.5. The van der Waals surface area contributed by atoms with Gasteiger partial charge in [0, 0.05) is 44.6 Å². The molecule has 0 bridgehead atoms. The Morgan fingerprint density at radius 1 is 1.05 bits per heavy atom. The molecule has 6 rings (SSSR count). The molecule has 4 aromatic heterocycles. The fraction of sp³-hybridized carbons (Fsp3) is 0.174. The lowest BCUT2D eigenvalue weighted by Crippen LogP contribution is -2.51. The van der Waals surface area contributed by atoms with E-state index in [9.17, 15) is 14.0 Å². The van der Waals surface area contributed by atoms with Crippen LogP contribution in [-0.4, -0.2) is 82.7 Å². The molecular formula is C23H20FN11O2. The summed E-state index contributed by atoms with van der Waals surface area (Å²) in [4.78, 5) is 36.6. The van der Waals surface area contributed by atoms with E-state index >= 15 is 0 Å². The van der Waals surface area contributed by atoms with Crippen molar-refractivity contribution in [2.24, 2.45) is 0 Å². The number of anilines is 2. The molecule has 1 aliphatic rings. The number of tetrazole rings is 1. The lowest BCUT2D eigenvalue weighted by atomic mass is 10.1. The highest BCUT2D eigenvalue weighted by molar-refractivity contribution is 6.45. The minimum absolute atomic E-state index is 0.0295. The molecule has 0 spiro atoms. The maximum absolute atomic E-state index is 14.8. The molecule has 13 nitrogen and oxygen atoms in total. The third-order valence-corrected chi connectivity index (χ3v) is 6.21. The van der Waals surface area contributed by atoms with Crippen LogP contribution in [0.3, 0.4) is 0 Å². The summed E-state index contributed by atoms with van der Waals surface area (Å²) in [6, 6.07) is 11.0. The first-order valence-electron chi connectivity index (χ1n) is 11.4. The quantitative estimate of drug-likeness (QED) is 0.265. The molecule has 1 aromatic carbocycles. The van der Waals surface area contributed by atoms with Crippen molar-refractivity contribution < 1.29 is 14.0 Å². The molecule has 14 heteroatoms. The smallest absolute Gasteiger partial charge is 0.295 e. The van der Waals surface area contributed by atoms with Gasteiger partial charge in [-0.1, -0.05) is 23.3 Å². The third-order valence-electron chi connectivity index (χ3n) is 6.21. The number of aromatic nitrogens is 8. The number of carbonyl (C=O) groups excluding carboxylic acids is 2. The third kappa shape index (κ3) is 3.84. The molecule has 0 unspecified atom stereocenters. The van der Waals surface area contributed by atoms with Gasteiger partial charge in [-0.05, 0) is 22.6 Å². The molecule has 1 saturated heterocycles. The zero-order valence-electron chi connectivity index (χ0n) is 19.3. The first-order valence-corrected chi connectivity index (χ1v) is 11.4. The Balaban J connectivity index is 1.21. The van der Waals surface area contributed by atoms with Gasteiger partial charge >= 0.3 is 0 Å². The molecule has 1 aliphatic heterocycles. The number of nitrogens with two attached hydrogens (primary N) is 1. The minimum atomic E-state index is -0.815. The number of ketones is 1. The molecular weight excluding hydrogens is 481 g/mol. The predicted molar refractivity (Wildman–Crippen MR) is 130 cm³/mol. The Kier molecular flexibility index (Phi) is 5.32. The van der Waals surface area contributed by atoms with Gasteiger partial charge in [0.25, 0.3) is 11.7 Å². The van der Waals surface area contributed by atoms with Crippen LogP contribution in [0.2, 0.25) is 0 Å². The summed E-state index contributed by atoms with van der Waals surface area (Å²) < 4.78 is 17.8. The van der Waals surface area contributed by atoms with Crippen LogP contribution in [0.25, 0.3) is 22.4 Å². The number of benzene rings is 1. The summed E-state index contributed by atoms with van der Waals surface area (Å²) in [5.41, 5.74) is 6.65. The van der Waals surface area contributed by atoms with Crippen LogP contribution in [0.5, 0.6) is 0 Å². The number of nitrogens with zero attached hydrogens (tertiary/aromatic N) is 9. The lowest BCUT2D eigenvalue weighted by molar-refractivity contribution is -0.126. The molecule has 37 heavy (non-hydrogen) atoms. The number of rotatable bonds is 5. The largest absolute Gasteiger partial charge is 0.382 e. The fourth-order valence-electron chi connectivity index (χ4n) is 4.39. The van der Waals surface area contributed by atoms with Crippen LogP contribution >= 0.6 is 0 Å². The molecule has 0 radical (unpaired) electrons. The van der Waals surface area contributed by atoms with Crippen LogP contribution in [0, 0.1) is 5.82 Å². The van der Waals surface area contributed by atoms with Crippen molar-refractivity contribution in [1.82, 2.24) is 44.9 Å². The number of fused-ring (bicyclic) bond motifs is 1. The van der Waals surface area contributed by atoms with Gasteiger partial charge in [0.05, 0.1) is 28.4 Å². The summed E-state index contributed by atoms with van der Waals surface area (Å²) in [6.07, 6.45) is 3.87. The predicted octanol–water partition coefficient (Wildman–Crippen LogP) is 0.977. The van der Waals surface area contributed by atoms with E-state index in [4.69, 9.17) is 5.73 Å². The van der Waals surface area contributed by atoms with E-state index in [1.54, 1.807) is 16.9 Å². The molecule has 5 heterocycles. The molecule has 0 atom stereocenters. The van der Waals surface area contributed by atoms with Crippen LogP contribution in [-0.2, 0) is 4.79 Å². The lowest BCUT2D eigenvalue weighted by Gasteiger charge is -2.34. The van der Waals surface area contributed by atoms with E-state index in [0.29, 0.717) is 19.0 Å². The maximum Gasteiger partial charge on any atom is 0.295 e. The van der Waals surface area contributed by atoms with E-state index in [1.165, 1.54) is 15.8 Å². The van der Waals surface area contributed by atoms with Gasteiger partial charge in [0.2, 0.25) is 5.95 Å². The summed E-state index contributed by atoms with van der Waals surface area (Å²) in [5, 5.41) is 16.0. The number of amides is 1. The number of aromatic amines is 1. The molecule has 186 valence electrons. The van der Waals surface area contributed by atoms with Gasteiger partial charge in [-0.3, -0.25) is 9.59 Å². The second kappa shape index (κ2) is 8.82. The van der Waals surface area contributed by atoms with E-state index in [2.05, 4.69) is 30.6 Å². The Hall–Kier alpha value is -5.14. The number of hydrogen-bond donors (Lipinski definition) is 2. The average molecular weight is 501 g/mol. The average Bonchev–Trinajstić information content (AvgIpc) is 3.69. The van der Waals surface area contributed by atoms with Gasteiger partial charge in [0.1, 0.15) is 5.82 Å². The Labute approximate surface area is 208 Å². The topological polar surface area (TPSA) is 157 Å². The summed E-state index contributed by atoms with van der Waals surface area (Å²) in [5.74, 6) is -1.20. The number of pyridine rings is 1. The fourth-order valence-corrected chi connectivity index (χ4v) is 4.39. The SMILES string of the molecule is Nc1ccn(-c2ncc(F)c3c(C(=O)C(=O)N4CCN(c5nnnn5-c5ccccc5)CC4)c[nH]c23)n1. The van der Waals surface area contributed by atoms with E-state index in [0.717, 1.165) is 11.9 Å². The second-order valence-electron chi connectivity index (χ2n) is 8.40. The van der Waals surface area contributed by atoms with Crippen LogP contribution < -0.4 is 10.6 Å². The number of hydrogen-bond acceptors (Lipinski definition) is 9. The van der Waals surface area contributed by atoms with Crippen LogP contribution in [0.1, 0.15) is 10.4 Å². The molecule has 1 amide bonds. The van der Waals surface area contributed by atoms with Crippen LogP contribution in [0.4, 0.5) is 16.2 Å². The Morgan fingerprint density at radius 2 is 1.84 bits per heavy atom. The summed E-state index contributed by atoms with van der Waals surface area (Å²) in [6.45, 7) is 1.39. The summed E-state index contributed by atoms with van der Waals surface area (Å²) >= 11 is 0. The number of Topliss-reactive ketones (excluding diaryl/α,β-unsaturated/α-hetero) is 1. The van der Waals surface area contributed by atoms with Crippen molar-refractivity contribution >= 4 is 34.4 Å². The van der Waals surface area contributed by atoms with Crippen molar-refractivity contribution in [3.05, 3.63) is 66.4 Å². The Bertz CT molecular complexity index is 1620. The molecule has 5 aromatic rings. The number of nitrogens with one attached hydrogen (secondary N) is 1. The van der Waals surface area contributed by atoms with Gasteiger partial charge < -0.3 is 20.5 Å². The number of nitrogen functional groups attached to an aromatic ring is 1. The van der Waals surface area contributed by atoms with E-state index < -0.39 is 17.5 Å². The zero-order valence-corrected chi connectivity index (χ0v) is 19.3. The van der Waals surface area contributed by atoms with Gasteiger partial charge in [-0.2, -0.15) is 4.68 Å². The highest BCUT2D eigenvalue weighted by Gasteiger charge is 2.31. The van der Waals surface area contributed by atoms with Crippen LogP contribution in [0.15, 0.2) is 55.0 Å². The van der Waals surface area contributed by atoms with Crippen molar-refractivity contribution in [1.29, 1.82) is 0 Å². The number of piperazine rings is 1. The molecule has 0 aliphatic carbocycles. The van der Waals surface area contributed by atoms with Crippen molar-refractivity contribution in [2.75, 3.05) is 36.8 Å². The molecule has 3 N–H and O–H groups in total. The summed E-state index contributed by atoms with van der Waals surface area (Å²) in [7, 11) is 0. The highest BCUT2D eigenvalue weighted by atomic mass is 19.1. The highest BCUT2D eigenvalue weighted by Crippen LogP contribution is 2.27. The van der Waals surface area contributed by atoms with E-state index in [1.807, 2.05) is 35.2 Å². The number of carbonyl (C=O) groups is 2. The standard InChI is InChI=1S/C23H20FN11O2/c24-16-13-27-21(34-7-6-17(25)29-34)19-18(16)15(12-26-19)20(36)22(37)32-8-10-33(11-9-32)23-28-30-31-35(23)14-4-2-1-3-5-14/h1-7,12-13,26H,8-11H2,(H2,25,29). The van der Waals surface area contributed by atoms with Crippen molar-refractivity contribution in [3.63, 3.8) is 0 Å². The normalized spacial score (nSPS) is 13.9. The molecule has 1 fully saturated rings. The minimum Gasteiger partial charge on any atom is -0.382 e. The van der Waals surface area contributed by atoms with Gasteiger partial charge in [-0.25, -0.2) is 14.1 Å². The van der Waals surface area contributed by atoms with Crippen molar-refractivity contribution in [3.8, 4) is 11.5 Å². The number of halogens is 1. The van der Waals surface area contributed by atoms with Crippen molar-refractivity contribution in [2.45, 2.75) is 0 Å². The van der Waals surface area contributed by atoms with E-state index in [-0.39, 0.29) is 41.2 Å². The first kappa shape index (κ1) is 22.3. The van der Waals surface area contributed by atoms with Gasteiger partial charge in [-0.15, -0.1) is 5.10 Å². The number of para-hydroxylation sites is 1. The first-order chi connectivity index (χ1) is 18.0. The van der Waals surface area contributed by atoms with Gasteiger partial charge in [0.15, 0.2) is 11.6 Å². The molecule has 0 saturated carbocycles. The maximum atomic E-state index is 14.8. The second-order valence-corrected chi connectivity index (χ2v) is 8.40. The monoisotopic (exact) mass is 501 g/mol.